The highest BCUT2D eigenvalue weighted by atomic mass is 35.5. The molecule has 2 amide bonds. The minimum atomic E-state index is -4.64. The first-order chi connectivity index (χ1) is 33.4. The number of amides is 2. The fraction of sp³-hybridized carbons (Fsp3) is 0.348. The predicted octanol–water partition coefficient (Wildman–Crippen LogP) is 10.6. The van der Waals surface area contributed by atoms with Crippen LogP contribution in [0.4, 0.5) is 36.3 Å². The van der Waals surface area contributed by atoms with E-state index in [9.17, 15) is 45.5 Å². The second kappa shape index (κ2) is 23.4. The summed E-state index contributed by atoms with van der Waals surface area (Å²) in [5, 5.41) is 14.0. The van der Waals surface area contributed by atoms with Crippen LogP contribution < -0.4 is 10.6 Å². The molecule has 2 aromatic carbocycles. The summed E-state index contributed by atoms with van der Waals surface area (Å²) in [6.07, 6.45) is -1.28. The molecular weight excluding hydrogens is 1010 g/mol. The fourth-order valence-electron chi connectivity index (χ4n) is 7.94. The first kappa shape index (κ1) is 52.1. The zero-order chi connectivity index (χ0) is 50.0. The molecule has 6 heterocycles. The number of carbonyl (C=O) groups excluding carboxylic acids is 4. The van der Waals surface area contributed by atoms with Crippen LogP contribution in [0.1, 0.15) is 114 Å². The van der Waals surface area contributed by atoms with E-state index in [0.29, 0.717) is 47.7 Å². The Labute approximate surface area is 415 Å². The number of anilines is 2. The number of benzene rings is 2. The highest BCUT2D eigenvalue weighted by molar-refractivity contribution is 7.10. The Morgan fingerprint density at radius 1 is 0.571 bits per heavy atom. The van der Waals surface area contributed by atoms with Crippen LogP contribution in [0.15, 0.2) is 85.5 Å². The van der Waals surface area contributed by atoms with Gasteiger partial charge < -0.3 is 20.4 Å². The molecule has 6 aromatic rings. The summed E-state index contributed by atoms with van der Waals surface area (Å²) >= 11 is 13.6. The van der Waals surface area contributed by atoms with Gasteiger partial charge in [-0.25, -0.2) is 0 Å². The maximum absolute atomic E-state index is 13.2. The number of hydrogen-bond donors (Lipinski definition) is 2. The van der Waals surface area contributed by atoms with Gasteiger partial charge in [0.1, 0.15) is 10.0 Å². The number of rotatable bonds is 16. The van der Waals surface area contributed by atoms with Crippen molar-refractivity contribution in [3.05, 3.63) is 140 Å². The average molecular weight is 1050 g/mol. The van der Waals surface area contributed by atoms with E-state index in [-0.39, 0.29) is 68.8 Å². The van der Waals surface area contributed by atoms with Crippen molar-refractivity contribution in [2.24, 2.45) is 0 Å². The SMILES string of the molecule is O=C(Nc1snnc1C(=O)C[C@@H](CN1CCCC1)c1ccc(Cl)cc1)c1cncc(C(F)(F)F)c1.O=C(Nc1snnc1C(=O)C[C@H](CN1CCCC1)c1ccc(Cl)cc1)c1cncc(C(F)(F)F)c1. The summed E-state index contributed by atoms with van der Waals surface area (Å²) in [6.45, 7) is 5.21. The van der Waals surface area contributed by atoms with Crippen molar-refractivity contribution in [1.82, 2.24) is 38.9 Å². The van der Waals surface area contributed by atoms with Gasteiger partial charge in [-0.15, -0.1) is 10.2 Å². The van der Waals surface area contributed by atoms with Crippen molar-refractivity contribution in [3.8, 4) is 0 Å². The number of halogens is 8. The molecule has 4 aromatic heterocycles. The Morgan fingerprint density at radius 3 is 1.27 bits per heavy atom. The Bertz CT molecular complexity index is 2580. The van der Waals surface area contributed by atoms with E-state index in [0.717, 1.165) is 98.4 Å². The molecule has 2 aliphatic rings. The lowest BCUT2D eigenvalue weighted by atomic mass is 9.92. The molecule has 70 heavy (non-hydrogen) atoms. The predicted molar refractivity (Wildman–Crippen MR) is 252 cm³/mol. The maximum Gasteiger partial charge on any atom is 0.417 e. The third kappa shape index (κ3) is 14.2. The van der Waals surface area contributed by atoms with E-state index >= 15 is 0 Å². The van der Waals surface area contributed by atoms with Crippen molar-refractivity contribution in [3.63, 3.8) is 0 Å². The highest BCUT2D eigenvalue weighted by Crippen LogP contribution is 2.33. The van der Waals surface area contributed by atoms with Crippen LogP contribution in [0.5, 0.6) is 0 Å². The van der Waals surface area contributed by atoms with Gasteiger partial charge in [-0.3, -0.25) is 29.1 Å². The number of carbonyl (C=O) groups is 4. The van der Waals surface area contributed by atoms with E-state index in [1.54, 1.807) is 24.3 Å². The van der Waals surface area contributed by atoms with Gasteiger partial charge in [-0.2, -0.15) is 26.3 Å². The smallest absolute Gasteiger partial charge is 0.310 e. The molecule has 368 valence electrons. The van der Waals surface area contributed by atoms with Crippen LogP contribution in [-0.2, 0) is 12.4 Å². The minimum absolute atomic E-state index is 0.0244. The van der Waals surface area contributed by atoms with Crippen molar-refractivity contribution >= 4 is 79.6 Å². The second-order valence-corrected chi connectivity index (χ2v) is 18.9. The van der Waals surface area contributed by atoms with E-state index in [1.165, 1.54) is 0 Å². The maximum atomic E-state index is 13.2. The molecule has 0 saturated carbocycles. The first-order valence-electron chi connectivity index (χ1n) is 21.7. The lowest BCUT2D eigenvalue weighted by Crippen LogP contribution is -2.27. The third-order valence-corrected chi connectivity index (χ3v) is 13.3. The lowest BCUT2D eigenvalue weighted by Gasteiger charge is -2.23. The molecule has 0 aliphatic carbocycles. The molecule has 2 aliphatic heterocycles. The summed E-state index contributed by atoms with van der Waals surface area (Å²) < 4.78 is 85.3. The summed E-state index contributed by atoms with van der Waals surface area (Å²) in [4.78, 5) is 63.1. The molecule has 24 heteroatoms. The first-order valence-corrected chi connectivity index (χ1v) is 24.1. The number of nitrogens with zero attached hydrogens (tertiary/aromatic N) is 8. The lowest BCUT2D eigenvalue weighted by molar-refractivity contribution is -0.138. The number of aromatic nitrogens is 6. The quantitative estimate of drug-likeness (QED) is 0.0694. The third-order valence-electron chi connectivity index (χ3n) is 11.5. The van der Waals surface area contributed by atoms with Crippen molar-refractivity contribution in [2.75, 3.05) is 49.9 Å². The van der Waals surface area contributed by atoms with Crippen molar-refractivity contribution < 1.29 is 45.5 Å². The Balaban J connectivity index is 0.000000206. The van der Waals surface area contributed by atoms with Crippen LogP contribution in [-0.4, -0.2) is 102 Å². The number of pyridine rings is 2. The summed E-state index contributed by atoms with van der Waals surface area (Å²) in [5.41, 5.74) is -0.808. The van der Waals surface area contributed by atoms with Crippen molar-refractivity contribution in [1.29, 1.82) is 0 Å². The summed E-state index contributed by atoms with van der Waals surface area (Å²) in [5.74, 6) is -2.58. The van der Waals surface area contributed by atoms with E-state index in [2.05, 4.69) is 49.6 Å². The monoisotopic (exact) mass is 1050 g/mol. The molecule has 8 rings (SSSR count). The number of ketones is 2. The topological polar surface area (TPSA) is 176 Å². The zero-order valence-electron chi connectivity index (χ0n) is 36.8. The molecule has 0 spiro atoms. The molecule has 14 nitrogen and oxygen atoms in total. The molecular formula is C46H42Cl2F6N10O4S2. The highest BCUT2D eigenvalue weighted by Gasteiger charge is 2.34. The molecule has 0 unspecified atom stereocenters. The number of alkyl halides is 6. The Kier molecular flexibility index (Phi) is 17.4. The molecule has 2 saturated heterocycles. The molecule has 2 atom stereocenters. The van der Waals surface area contributed by atoms with Crippen LogP contribution in [0.2, 0.25) is 10.0 Å². The van der Waals surface area contributed by atoms with Gasteiger partial charge in [0.25, 0.3) is 11.8 Å². The summed E-state index contributed by atoms with van der Waals surface area (Å²) in [6, 6.07) is 16.1. The zero-order valence-corrected chi connectivity index (χ0v) is 39.9. The number of likely N-dealkylation sites (tertiary alicyclic amines) is 2. The number of Topliss-reactive ketones (excluding diaryl/α,β-unsaturated/α-hetero) is 2. The largest absolute Gasteiger partial charge is 0.417 e. The van der Waals surface area contributed by atoms with E-state index < -0.39 is 35.3 Å². The van der Waals surface area contributed by atoms with Crippen LogP contribution in [0, 0.1) is 0 Å². The van der Waals surface area contributed by atoms with Crippen LogP contribution in [0.3, 0.4) is 0 Å². The average Bonchev–Trinajstić information content (AvgIpc) is 4.19. The van der Waals surface area contributed by atoms with Gasteiger partial charge in [-0.05, 0) is 99.4 Å². The molecule has 2 fully saturated rings. The minimum Gasteiger partial charge on any atom is -0.310 e. The van der Waals surface area contributed by atoms with Gasteiger partial charge >= 0.3 is 12.4 Å². The molecule has 2 N–H and O–H groups in total. The normalized spacial score (nSPS) is 15.2. The van der Waals surface area contributed by atoms with E-state index in [4.69, 9.17) is 23.2 Å². The van der Waals surface area contributed by atoms with Gasteiger partial charge in [-0.1, -0.05) is 56.4 Å². The van der Waals surface area contributed by atoms with Crippen molar-refractivity contribution in [2.45, 2.75) is 62.7 Å². The van der Waals surface area contributed by atoms with Gasteiger partial charge in [0, 0.05) is 95.7 Å². The van der Waals surface area contributed by atoms with Crippen LogP contribution >= 0.6 is 46.3 Å². The van der Waals surface area contributed by atoms with Gasteiger partial charge in [0.15, 0.2) is 23.0 Å². The van der Waals surface area contributed by atoms with E-state index in [1.807, 2.05) is 24.3 Å². The van der Waals surface area contributed by atoms with Crippen LogP contribution in [0.25, 0.3) is 0 Å². The standard InChI is InChI=1S/2C23H21ClF3N5O2S/c2*24-18-5-3-14(4-6-18)16(13-32-7-1-2-8-32)10-19(33)20-22(35-31-30-20)29-21(34)15-9-17(12-28-11-15)23(25,26)27/h2*3-6,9,11-12,16H,1-2,7-8,10,13H2,(H,29,34)/t2*16-/m10/s1. The Hall–Kier alpha value is -5.78. The summed E-state index contributed by atoms with van der Waals surface area (Å²) in [7, 11) is 0. The van der Waals surface area contributed by atoms with Gasteiger partial charge in [0.2, 0.25) is 0 Å². The fourth-order valence-corrected chi connectivity index (χ4v) is 9.36. The Morgan fingerprint density at radius 2 is 0.929 bits per heavy atom. The molecule has 0 bridgehead atoms. The number of hydrogen-bond acceptors (Lipinski definition) is 14. The molecule has 0 radical (unpaired) electrons. The number of nitrogens with one attached hydrogen (secondary N) is 2. The van der Waals surface area contributed by atoms with Gasteiger partial charge in [0.05, 0.1) is 22.3 Å². The second-order valence-electron chi connectivity index (χ2n) is 16.5.